The van der Waals surface area contributed by atoms with Crippen molar-refractivity contribution in [1.82, 2.24) is 10.2 Å². The molecular formula is C16H26ClN5O2S. The third kappa shape index (κ3) is 6.05. The Labute approximate surface area is 154 Å². The highest BCUT2D eigenvalue weighted by Gasteiger charge is 2.21. The summed E-state index contributed by atoms with van der Waals surface area (Å²) in [5, 5.41) is 8.99. The van der Waals surface area contributed by atoms with Gasteiger partial charge in [0.05, 0.1) is 12.3 Å². The van der Waals surface area contributed by atoms with E-state index in [9.17, 15) is 8.42 Å². The summed E-state index contributed by atoms with van der Waals surface area (Å²) in [6, 6.07) is 5.93. The number of sulfonamides is 1. The van der Waals surface area contributed by atoms with E-state index >= 15 is 0 Å². The van der Waals surface area contributed by atoms with Gasteiger partial charge in [-0.2, -0.15) is 0 Å². The predicted molar refractivity (Wildman–Crippen MR) is 104 cm³/mol. The first-order valence-electron chi connectivity index (χ1n) is 8.35. The van der Waals surface area contributed by atoms with E-state index in [0.717, 1.165) is 49.4 Å². The van der Waals surface area contributed by atoms with E-state index in [1.807, 2.05) is 25.1 Å². The Bertz CT molecular complexity index is 715. The molecule has 3 N–H and O–H groups in total. The molecular weight excluding hydrogens is 362 g/mol. The molecule has 0 aromatic heterocycles. The smallest absolute Gasteiger partial charge is 0.210 e. The Balaban J connectivity index is 2.00. The Morgan fingerprint density at radius 2 is 2.00 bits per heavy atom. The van der Waals surface area contributed by atoms with Crippen molar-refractivity contribution in [2.24, 2.45) is 10.1 Å². The molecule has 0 radical (unpaired) electrons. The highest BCUT2D eigenvalue weighted by molar-refractivity contribution is 7.89. The fourth-order valence-corrected chi connectivity index (χ4v) is 3.30. The minimum atomic E-state index is -3.49. The lowest BCUT2D eigenvalue weighted by Crippen LogP contribution is -2.52. The van der Waals surface area contributed by atoms with Crippen LogP contribution in [0, 0.1) is 6.92 Å². The molecule has 1 heterocycles. The molecule has 1 aliphatic rings. The molecule has 1 aromatic carbocycles. The van der Waals surface area contributed by atoms with Crippen LogP contribution in [0.15, 0.2) is 23.2 Å². The molecule has 0 spiro atoms. The van der Waals surface area contributed by atoms with Crippen molar-refractivity contribution in [1.29, 1.82) is 0 Å². The highest BCUT2D eigenvalue weighted by atomic mass is 35.5. The second kappa shape index (κ2) is 8.73. The summed E-state index contributed by atoms with van der Waals surface area (Å²) in [5.74, 6) is 0.581. The van der Waals surface area contributed by atoms with E-state index in [2.05, 4.69) is 27.0 Å². The number of hydrogen-bond donors (Lipinski definition) is 2. The zero-order chi connectivity index (χ0) is 18.4. The van der Waals surface area contributed by atoms with Gasteiger partial charge in [-0.15, -0.1) is 0 Å². The van der Waals surface area contributed by atoms with Crippen LogP contribution < -0.4 is 15.4 Å². The van der Waals surface area contributed by atoms with Crippen LogP contribution in [0.5, 0.6) is 0 Å². The molecule has 0 unspecified atom stereocenters. The van der Waals surface area contributed by atoms with E-state index in [-0.39, 0.29) is 12.3 Å². The van der Waals surface area contributed by atoms with Crippen LogP contribution >= 0.6 is 11.6 Å². The summed E-state index contributed by atoms with van der Waals surface area (Å²) in [7, 11) is -3.49. The largest absolute Gasteiger partial charge is 0.368 e. The van der Waals surface area contributed by atoms with Gasteiger partial charge in [0, 0.05) is 43.4 Å². The number of primary sulfonamides is 1. The minimum absolute atomic E-state index is 0.149. The van der Waals surface area contributed by atoms with Crippen molar-refractivity contribution < 1.29 is 8.42 Å². The van der Waals surface area contributed by atoms with Crippen LogP contribution in [0.25, 0.3) is 0 Å². The fraction of sp³-hybridized carbons (Fsp3) is 0.562. The number of nitrogens with one attached hydrogen (secondary N) is 1. The molecule has 0 aliphatic carbocycles. The highest BCUT2D eigenvalue weighted by Crippen LogP contribution is 2.25. The third-order valence-electron chi connectivity index (χ3n) is 4.06. The van der Waals surface area contributed by atoms with Gasteiger partial charge in [0.15, 0.2) is 5.96 Å². The summed E-state index contributed by atoms with van der Waals surface area (Å²) >= 11 is 6.12. The first-order valence-corrected chi connectivity index (χ1v) is 10.4. The summed E-state index contributed by atoms with van der Waals surface area (Å²) in [6.07, 6.45) is 0. The second-order valence-electron chi connectivity index (χ2n) is 6.01. The van der Waals surface area contributed by atoms with Gasteiger partial charge >= 0.3 is 0 Å². The van der Waals surface area contributed by atoms with Gasteiger partial charge in [0.25, 0.3) is 0 Å². The monoisotopic (exact) mass is 387 g/mol. The number of halogens is 1. The van der Waals surface area contributed by atoms with E-state index in [1.165, 1.54) is 5.56 Å². The lowest BCUT2D eigenvalue weighted by molar-refractivity contribution is 0.372. The molecule has 25 heavy (non-hydrogen) atoms. The van der Waals surface area contributed by atoms with Crippen molar-refractivity contribution in [3.8, 4) is 0 Å². The lowest BCUT2D eigenvalue weighted by Gasteiger charge is -2.38. The van der Waals surface area contributed by atoms with Crippen LogP contribution in [-0.4, -0.2) is 64.3 Å². The molecule has 1 fully saturated rings. The number of piperazine rings is 1. The summed E-state index contributed by atoms with van der Waals surface area (Å²) in [4.78, 5) is 8.84. The summed E-state index contributed by atoms with van der Waals surface area (Å²) in [6.45, 7) is 8.25. The van der Waals surface area contributed by atoms with Gasteiger partial charge in [-0.1, -0.05) is 17.7 Å². The van der Waals surface area contributed by atoms with Crippen molar-refractivity contribution in [2.75, 3.05) is 49.9 Å². The van der Waals surface area contributed by atoms with E-state index in [4.69, 9.17) is 16.7 Å². The molecule has 0 saturated carbocycles. The van der Waals surface area contributed by atoms with E-state index in [1.54, 1.807) is 0 Å². The van der Waals surface area contributed by atoms with Crippen molar-refractivity contribution in [2.45, 2.75) is 13.8 Å². The number of guanidine groups is 1. The van der Waals surface area contributed by atoms with E-state index in [0.29, 0.717) is 0 Å². The number of aliphatic imine (C=N–C) groups is 1. The Morgan fingerprint density at radius 3 is 2.60 bits per heavy atom. The number of anilines is 1. The SMILES string of the molecule is CCNC(=NCCS(N)(=O)=O)N1CCN(c2cc(Cl)ccc2C)CC1. The predicted octanol–water partition coefficient (Wildman–Crippen LogP) is 1.02. The molecule has 1 saturated heterocycles. The molecule has 7 nitrogen and oxygen atoms in total. The van der Waals surface area contributed by atoms with Gasteiger partial charge in [-0.3, -0.25) is 4.99 Å². The lowest BCUT2D eigenvalue weighted by atomic mass is 10.1. The van der Waals surface area contributed by atoms with Crippen LogP contribution in [0.3, 0.4) is 0 Å². The molecule has 1 aromatic rings. The standard InChI is InChI=1S/C16H26ClN5O2S/c1-3-19-16(20-6-11-25(18,23)24)22-9-7-21(8-10-22)15-12-14(17)5-4-13(15)2/h4-5,12H,3,6-11H2,1-2H3,(H,19,20)(H2,18,23,24). The van der Waals surface area contributed by atoms with Crippen LogP contribution in [0.4, 0.5) is 5.69 Å². The number of hydrogen-bond acceptors (Lipinski definition) is 4. The third-order valence-corrected chi connectivity index (χ3v) is 5.05. The molecule has 1 aliphatic heterocycles. The Morgan fingerprint density at radius 1 is 1.32 bits per heavy atom. The summed E-state index contributed by atoms with van der Waals surface area (Å²) < 4.78 is 22.1. The van der Waals surface area contributed by atoms with Crippen LogP contribution in [-0.2, 0) is 10.0 Å². The molecule has 0 atom stereocenters. The molecule has 2 rings (SSSR count). The maximum atomic E-state index is 11.1. The number of nitrogens with two attached hydrogens (primary N) is 1. The number of benzene rings is 1. The maximum Gasteiger partial charge on any atom is 0.210 e. The number of aryl methyl sites for hydroxylation is 1. The zero-order valence-corrected chi connectivity index (χ0v) is 16.3. The molecule has 140 valence electrons. The molecule has 0 amide bonds. The molecule has 0 bridgehead atoms. The zero-order valence-electron chi connectivity index (χ0n) is 14.7. The van der Waals surface area contributed by atoms with Gasteiger partial charge in [-0.25, -0.2) is 13.6 Å². The maximum absolute atomic E-state index is 11.1. The van der Waals surface area contributed by atoms with Gasteiger partial charge < -0.3 is 15.1 Å². The van der Waals surface area contributed by atoms with Crippen molar-refractivity contribution in [3.05, 3.63) is 28.8 Å². The normalized spacial score (nSPS) is 16.2. The Hall–Kier alpha value is -1.51. The van der Waals surface area contributed by atoms with Crippen LogP contribution in [0.2, 0.25) is 5.02 Å². The number of rotatable bonds is 5. The topological polar surface area (TPSA) is 91.0 Å². The second-order valence-corrected chi connectivity index (χ2v) is 8.18. The van der Waals surface area contributed by atoms with Gasteiger partial charge in [-0.05, 0) is 31.5 Å². The van der Waals surface area contributed by atoms with Crippen LogP contribution in [0.1, 0.15) is 12.5 Å². The van der Waals surface area contributed by atoms with Crippen molar-refractivity contribution in [3.63, 3.8) is 0 Å². The van der Waals surface area contributed by atoms with E-state index < -0.39 is 10.0 Å². The minimum Gasteiger partial charge on any atom is -0.368 e. The first kappa shape index (κ1) is 19.8. The molecule has 9 heteroatoms. The first-order chi connectivity index (χ1) is 11.8. The van der Waals surface area contributed by atoms with Gasteiger partial charge in [0.2, 0.25) is 10.0 Å². The summed E-state index contributed by atoms with van der Waals surface area (Å²) in [5.41, 5.74) is 2.36. The average Bonchev–Trinajstić information content (AvgIpc) is 2.55. The van der Waals surface area contributed by atoms with Gasteiger partial charge in [0.1, 0.15) is 0 Å². The number of nitrogens with zero attached hydrogens (tertiary/aromatic N) is 3. The average molecular weight is 388 g/mol. The Kier molecular flexibility index (Phi) is 6.92. The fourth-order valence-electron chi connectivity index (χ4n) is 2.79. The quantitative estimate of drug-likeness (QED) is 0.581. The van der Waals surface area contributed by atoms with Crippen molar-refractivity contribution >= 4 is 33.3 Å².